The van der Waals surface area contributed by atoms with Gasteiger partial charge in [-0.1, -0.05) is 46.7 Å². The average molecular weight is 521 g/mol. The summed E-state index contributed by atoms with van der Waals surface area (Å²) >= 11 is 1.54. The standard InChI is InChI=1S/C26H28N6O4S/c1-30(17-19-6-3-2-4-7-19)25(33)10-9-24-27-23(29-36-24)18-31-11-13-32(14-12-31)26(34)20-16-21(35-28-20)22-8-5-15-37-22/h2-8,15-16H,9-14,17-18H2,1H3. The fraction of sp³-hybridized carbons (Fsp3) is 0.346. The van der Waals surface area contributed by atoms with Crippen LogP contribution in [0.15, 0.2) is 63.0 Å². The van der Waals surface area contributed by atoms with Crippen LogP contribution in [0.2, 0.25) is 0 Å². The second kappa shape index (κ2) is 11.5. The third kappa shape index (κ3) is 6.30. The molecule has 0 N–H and O–H groups in total. The fourth-order valence-corrected chi connectivity index (χ4v) is 4.86. The fourth-order valence-electron chi connectivity index (χ4n) is 4.19. The van der Waals surface area contributed by atoms with Gasteiger partial charge >= 0.3 is 0 Å². The van der Waals surface area contributed by atoms with Crippen molar-refractivity contribution < 1.29 is 18.6 Å². The smallest absolute Gasteiger partial charge is 0.276 e. The molecule has 192 valence electrons. The number of carbonyl (C=O) groups is 2. The molecule has 0 spiro atoms. The van der Waals surface area contributed by atoms with Gasteiger partial charge in [0, 0.05) is 58.7 Å². The van der Waals surface area contributed by atoms with Crippen molar-refractivity contribution in [1.82, 2.24) is 30.0 Å². The highest BCUT2D eigenvalue weighted by molar-refractivity contribution is 7.13. The summed E-state index contributed by atoms with van der Waals surface area (Å²) in [6.45, 7) is 3.62. The van der Waals surface area contributed by atoms with Gasteiger partial charge < -0.3 is 18.8 Å². The van der Waals surface area contributed by atoms with Crippen LogP contribution in [0.1, 0.15) is 34.2 Å². The predicted octanol–water partition coefficient (Wildman–Crippen LogP) is 3.34. The third-order valence-corrected chi connectivity index (χ3v) is 7.15. The molecule has 0 unspecified atom stereocenters. The van der Waals surface area contributed by atoms with Gasteiger partial charge in [0.1, 0.15) is 0 Å². The van der Waals surface area contributed by atoms with E-state index in [2.05, 4.69) is 20.2 Å². The Hall–Kier alpha value is -3.83. The first-order valence-electron chi connectivity index (χ1n) is 12.2. The molecule has 0 saturated carbocycles. The normalized spacial score (nSPS) is 14.1. The number of nitrogens with zero attached hydrogens (tertiary/aromatic N) is 6. The second-order valence-corrected chi connectivity index (χ2v) is 9.91. The molecule has 1 aliphatic rings. The highest BCUT2D eigenvalue weighted by Crippen LogP contribution is 2.25. The summed E-state index contributed by atoms with van der Waals surface area (Å²) in [6.07, 6.45) is 0.709. The Kier molecular flexibility index (Phi) is 7.71. The van der Waals surface area contributed by atoms with Crippen molar-refractivity contribution >= 4 is 23.2 Å². The lowest BCUT2D eigenvalue weighted by molar-refractivity contribution is -0.130. The summed E-state index contributed by atoms with van der Waals surface area (Å²) in [5.74, 6) is 1.54. The third-order valence-electron chi connectivity index (χ3n) is 6.27. The number of aryl methyl sites for hydroxylation is 1. The minimum atomic E-state index is -0.130. The number of rotatable bonds is 9. The lowest BCUT2D eigenvalue weighted by atomic mass is 10.2. The van der Waals surface area contributed by atoms with E-state index < -0.39 is 0 Å². The van der Waals surface area contributed by atoms with E-state index in [4.69, 9.17) is 9.05 Å². The Balaban J connectivity index is 1.05. The molecule has 37 heavy (non-hydrogen) atoms. The quantitative estimate of drug-likeness (QED) is 0.331. The first-order chi connectivity index (χ1) is 18.0. The summed E-state index contributed by atoms with van der Waals surface area (Å²) in [5.41, 5.74) is 1.41. The van der Waals surface area contributed by atoms with Crippen molar-refractivity contribution in [1.29, 1.82) is 0 Å². The summed E-state index contributed by atoms with van der Waals surface area (Å²) in [7, 11) is 1.80. The summed E-state index contributed by atoms with van der Waals surface area (Å²) in [4.78, 5) is 36.4. The van der Waals surface area contributed by atoms with Crippen LogP contribution in [0.5, 0.6) is 0 Å². The zero-order valence-electron chi connectivity index (χ0n) is 20.6. The number of piperazine rings is 1. The van der Waals surface area contributed by atoms with Gasteiger partial charge in [-0.05, 0) is 17.0 Å². The van der Waals surface area contributed by atoms with E-state index in [0.29, 0.717) is 75.3 Å². The molecule has 5 rings (SSSR count). The Labute approximate surface area is 218 Å². The molecule has 2 amide bonds. The van der Waals surface area contributed by atoms with E-state index in [1.54, 1.807) is 34.3 Å². The number of thiophene rings is 1. The van der Waals surface area contributed by atoms with Crippen molar-refractivity contribution in [2.24, 2.45) is 0 Å². The Morgan fingerprint density at radius 1 is 1.03 bits per heavy atom. The molecule has 4 heterocycles. The zero-order chi connectivity index (χ0) is 25.6. The van der Waals surface area contributed by atoms with Gasteiger partial charge in [0.25, 0.3) is 5.91 Å². The number of carbonyl (C=O) groups excluding carboxylic acids is 2. The van der Waals surface area contributed by atoms with Crippen LogP contribution < -0.4 is 0 Å². The van der Waals surface area contributed by atoms with Gasteiger partial charge in [0.15, 0.2) is 17.3 Å². The number of hydrogen-bond donors (Lipinski definition) is 0. The maximum absolute atomic E-state index is 12.8. The zero-order valence-corrected chi connectivity index (χ0v) is 21.4. The van der Waals surface area contributed by atoms with E-state index in [-0.39, 0.29) is 11.8 Å². The molecule has 0 atom stereocenters. The Morgan fingerprint density at radius 3 is 2.59 bits per heavy atom. The van der Waals surface area contributed by atoms with E-state index in [9.17, 15) is 9.59 Å². The molecule has 3 aromatic heterocycles. The monoisotopic (exact) mass is 520 g/mol. The van der Waals surface area contributed by atoms with Crippen molar-refractivity contribution in [2.75, 3.05) is 33.2 Å². The number of benzene rings is 1. The van der Waals surface area contributed by atoms with Gasteiger partial charge in [-0.3, -0.25) is 14.5 Å². The average Bonchev–Trinajstić information content (AvgIpc) is 3.70. The number of amides is 2. The molecule has 0 radical (unpaired) electrons. The lowest BCUT2D eigenvalue weighted by Gasteiger charge is -2.33. The van der Waals surface area contributed by atoms with Gasteiger partial charge in [0.05, 0.1) is 11.4 Å². The number of aromatic nitrogens is 3. The maximum Gasteiger partial charge on any atom is 0.276 e. The molecule has 0 bridgehead atoms. The molecular formula is C26H28N6O4S. The summed E-state index contributed by atoms with van der Waals surface area (Å²) in [6, 6.07) is 15.4. The highest BCUT2D eigenvalue weighted by Gasteiger charge is 2.26. The molecule has 1 fully saturated rings. The van der Waals surface area contributed by atoms with E-state index in [1.165, 1.54) is 0 Å². The van der Waals surface area contributed by atoms with Crippen LogP contribution >= 0.6 is 11.3 Å². The molecule has 4 aromatic rings. The maximum atomic E-state index is 12.8. The molecule has 0 aliphatic carbocycles. The Morgan fingerprint density at radius 2 is 1.84 bits per heavy atom. The van der Waals surface area contributed by atoms with Crippen molar-refractivity contribution in [3.05, 3.63) is 76.9 Å². The topological polar surface area (TPSA) is 109 Å². The molecule has 11 heteroatoms. The minimum Gasteiger partial charge on any atom is -0.355 e. The highest BCUT2D eigenvalue weighted by atomic mass is 32.1. The molecule has 1 aliphatic heterocycles. The van der Waals surface area contributed by atoms with Gasteiger partial charge in [0.2, 0.25) is 11.8 Å². The SMILES string of the molecule is CN(Cc1ccccc1)C(=O)CCc1nc(CN2CCN(C(=O)c3cc(-c4cccs4)on3)CC2)no1. The van der Waals surface area contributed by atoms with Crippen LogP contribution in [0.3, 0.4) is 0 Å². The van der Waals surface area contributed by atoms with Crippen molar-refractivity contribution in [3.63, 3.8) is 0 Å². The first kappa shape index (κ1) is 24.8. The van der Waals surface area contributed by atoms with Crippen LogP contribution in [0.4, 0.5) is 0 Å². The molecule has 10 nitrogen and oxygen atoms in total. The molecular weight excluding hydrogens is 492 g/mol. The predicted molar refractivity (Wildman–Crippen MR) is 137 cm³/mol. The molecule has 1 saturated heterocycles. The lowest BCUT2D eigenvalue weighted by Crippen LogP contribution is -2.48. The summed E-state index contributed by atoms with van der Waals surface area (Å²) in [5, 5.41) is 10.00. The van der Waals surface area contributed by atoms with Crippen molar-refractivity contribution in [2.45, 2.75) is 25.9 Å². The van der Waals surface area contributed by atoms with E-state index in [1.807, 2.05) is 47.8 Å². The van der Waals surface area contributed by atoms with Crippen LogP contribution in [-0.4, -0.2) is 75.0 Å². The first-order valence-corrected chi connectivity index (χ1v) is 13.0. The molecule has 1 aromatic carbocycles. The van der Waals surface area contributed by atoms with E-state index >= 15 is 0 Å². The van der Waals surface area contributed by atoms with Crippen LogP contribution in [0.25, 0.3) is 10.6 Å². The van der Waals surface area contributed by atoms with Gasteiger partial charge in [-0.15, -0.1) is 11.3 Å². The minimum absolute atomic E-state index is 0.0269. The number of hydrogen-bond acceptors (Lipinski definition) is 9. The van der Waals surface area contributed by atoms with Crippen LogP contribution in [0, 0.1) is 0 Å². The second-order valence-electron chi connectivity index (χ2n) is 8.96. The van der Waals surface area contributed by atoms with Gasteiger partial charge in [-0.25, -0.2) is 0 Å². The summed E-state index contributed by atoms with van der Waals surface area (Å²) < 4.78 is 10.7. The Bertz CT molecular complexity index is 1310. The van der Waals surface area contributed by atoms with Gasteiger partial charge in [-0.2, -0.15) is 4.98 Å². The largest absolute Gasteiger partial charge is 0.355 e. The van der Waals surface area contributed by atoms with Crippen molar-refractivity contribution in [3.8, 4) is 10.6 Å². The van der Waals surface area contributed by atoms with Crippen LogP contribution in [-0.2, 0) is 24.3 Å². The van der Waals surface area contributed by atoms with E-state index in [0.717, 1.165) is 10.4 Å².